The van der Waals surface area contributed by atoms with Crippen LogP contribution in [0, 0.1) is 0 Å². The van der Waals surface area contributed by atoms with Gasteiger partial charge in [-0.15, -0.1) is 0 Å². The van der Waals surface area contributed by atoms with E-state index in [9.17, 15) is 4.79 Å². The Balaban J connectivity index is 1.67. The van der Waals surface area contributed by atoms with Crippen molar-refractivity contribution in [2.24, 2.45) is 0 Å². The van der Waals surface area contributed by atoms with Crippen molar-refractivity contribution in [3.63, 3.8) is 0 Å². The zero-order valence-corrected chi connectivity index (χ0v) is 18.8. The third-order valence-electron chi connectivity index (χ3n) is 5.38. The van der Waals surface area contributed by atoms with Gasteiger partial charge in [0, 0.05) is 6.61 Å². The Morgan fingerprint density at radius 2 is 1.48 bits per heavy atom. The molecule has 1 atom stereocenters. The molecule has 0 amide bonds. The maximum absolute atomic E-state index is 12.7. The highest BCUT2D eigenvalue weighted by Gasteiger charge is 2.12. The van der Waals surface area contributed by atoms with Gasteiger partial charge in [0.2, 0.25) is 0 Å². The highest BCUT2D eigenvalue weighted by atomic mass is 16.5. The zero-order chi connectivity index (χ0) is 22.1. The molecule has 162 valence electrons. The SMILES string of the molecule is CCCCc1ccccc1OC(=O)c1ccc(-c2ccc(C(C)OCCC)cc2)cc1. The number of hydrogen-bond acceptors (Lipinski definition) is 3. The van der Waals surface area contributed by atoms with E-state index in [1.165, 1.54) is 5.56 Å². The van der Waals surface area contributed by atoms with Gasteiger partial charge in [-0.3, -0.25) is 0 Å². The molecule has 3 rings (SSSR count). The molecule has 3 heteroatoms. The quantitative estimate of drug-likeness (QED) is 0.255. The number of esters is 1. The first kappa shape index (κ1) is 22.8. The molecule has 0 bridgehead atoms. The predicted molar refractivity (Wildman–Crippen MR) is 127 cm³/mol. The van der Waals surface area contributed by atoms with Gasteiger partial charge in [-0.1, -0.05) is 74.9 Å². The van der Waals surface area contributed by atoms with Crippen LogP contribution in [0.15, 0.2) is 72.8 Å². The first-order chi connectivity index (χ1) is 15.1. The highest BCUT2D eigenvalue weighted by molar-refractivity contribution is 5.91. The molecule has 0 fully saturated rings. The maximum Gasteiger partial charge on any atom is 0.343 e. The second kappa shape index (κ2) is 11.5. The van der Waals surface area contributed by atoms with Crippen LogP contribution >= 0.6 is 0 Å². The van der Waals surface area contributed by atoms with E-state index >= 15 is 0 Å². The topological polar surface area (TPSA) is 35.5 Å². The Labute approximate surface area is 186 Å². The second-order valence-electron chi connectivity index (χ2n) is 7.81. The molecular formula is C28H32O3. The number of rotatable bonds is 10. The van der Waals surface area contributed by atoms with Crippen molar-refractivity contribution in [2.45, 2.75) is 52.6 Å². The molecule has 3 aromatic rings. The Bertz CT molecular complexity index is 958. The van der Waals surface area contributed by atoms with Crippen LogP contribution in [0.2, 0.25) is 0 Å². The number of unbranched alkanes of at least 4 members (excludes halogenated alkanes) is 1. The molecule has 0 spiro atoms. The second-order valence-corrected chi connectivity index (χ2v) is 7.81. The number of hydrogen-bond donors (Lipinski definition) is 0. The minimum absolute atomic E-state index is 0.0892. The molecule has 0 aromatic heterocycles. The average molecular weight is 417 g/mol. The molecule has 0 saturated carbocycles. The number of para-hydroxylation sites is 1. The lowest BCUT2D eigenvalue weighted by Crippen LogP contribution is -2.09. The molecular weight excluding hydrogens is 384 g/mol. The van der Waals surface area contributed by atoms with Crippen molar-refractivity contribution >= 4 is 5.97 Å². The molecule has 0 aliphatic rings. The van der Waals surface area contributed by atoms with Gasteiger partial charge in [0.05, 0.1) is 11.7 Å². The van der Waals surface area contributed by atoms with Crippen molar-refractivity contribution in [3.05, 3.63) is 89.5 Å². The van der Waals surface area contributed by atoms with E-state index in [1.54, 1.807) is 0 Å². The Hall–Kier alpha value is -2.91. The number of aryl methyl sites for hydroxylation is 1. The van der Waals surface area contributed by atoms with Crippen LogP contribution in [0.3, 0.4) is 0 Å². The highest BCUT2D eigenvalue weighted by Crippen LogP contribution is 2.25. The van der Waals surface area contributed by atoms with Crippen LogP contribution in [0.5, 0.6) is 5.75 Å². The fourth-order valence-corrected chi connectivity index (χ4v) is 3.47. The molecule has 0 saturated heterocycles. The van der Waals surface area contributed by atoms with Gasteiger partial charge in [0.1, 0.15) is 5.75 Å². The summed E-state index contributed by atoms with van der Waals surface area (Å²) in [6, 6.07) is 23.8. The van der Waals surface area contributed by atoms with Gasteiger partial charge < -0.3 is 9.47 Å². The lowest BCUT2D eigenvalue weighted by atomic mass is 10.0. The van der Waals surface area contributed by atoms with Crippen molar-refractivity contribution in [3.8, 4) is 16.9 Å². The number of carbonyl (C=O) groups excluding carboxylic acids is 1. The molecule has 1 unspecified atom stereocenters. The normalized spacial score (nSPS) is 11.8. The first-order valence-electron chi connectivity index (χ1n) is 11.2. The molecule has 3 nitrogen and oxygen atoms in total. The Morgan fingerprint density at radius 1 is 0.839 bits per heavy atom. The molecule has 3 aromatic carbocycles. The standard InChI is InChI=1S/C28H32O3/c1-4-6-9-25-10-7-8-11-27(25)31-28(29)26-18-16-24(17-19-26)23-14-12-22(13-15-23)21(3)30-20-5-2/h7-8,10-19,21H,4-6,9,20H2,1-3H3. The zero-order valence-electron chi connectivity index (χ0n) is 18.8. The van der Waals surface area contributed by atoms with Gasteiger partial charge in [-0.2, -0.15) is 0 Å². The van der Waals surface area contributed by atoms with E-state index in [0.29, 0.717) is 11.3 Å². The minimum Gasteiger partial charge on any atom is -0.423 e. The molecule has 0 radical (unpaired) electrons. The van der Waals surface area contributed by atoms with Crippen molar-refractivity contribution in [1.29, 1.82) is 0 Å². The van der Waals surface area contributed by atoms with Gasteiger partial charge >= 0.3 is 5.97 Å². The number of ether oxygens (including phenoxy) is 2. The van der Waals surface area contributed by atoms with Crippen LogP contribution in [-0.2, 0) is 11.2 Å². The summed E-state index contributed by atoms with van der Waals surface area (Å²) < 4.78 is 11.5. The third kappa shape index (κ3) is 6.28. The molecule has 0 aliphatic carbocycles. The lowest BCUT2D eigenvalue weighted by Gasteiger charge is -2.13. The van der Waals surface area contributed by atoms with Crippen LogP contribution in [0.4, 0.5) is 0 Å². The summed E-state index contributed by atoms with van der Waals surface area (Å²) in [4.78, 5) is 12.7. The largest absolute Gasteiger partial charge is 0.423 e. The van der Waals surface area contributed by atoms with Gasteiger partial charge in [0.15, 0.2) is 0 Å². The van der Waals surface area contributed by atoms with E-state index in [2.05, 4.69) is 45.0 Å². The Kier molecular flexibility index (Phi) is 8.43. The summed E-state index contributed by atoms with van der Waals surface area (Å²) in [7, 11) is 0. The summed E-state index contributed by atoms with van der Waals surface area (Å²) in [6.45, 7) is 7.11. The summed E-state index contributed by atoms with van der Waals surface area (Å²) in [5.74, 6) is 0.327. The van der Waals surface area contributed by atoms with Gasteiger partial charge in [-0.05, 0) is 66.6 Å². The van der Waals surface area contributed by atoms with Crippen LogP contribution in [0.1, 0.15) is 67.6 Å². The van der Waals surface area contributed by atoms with E-state index in [4.69, 9.17) is 9.47 Å². The average Bonchev–Trinajstić information content (AvgIpc) is 2.82. The minimum atomic E-state index is -0.326. The van der Waals surface area contributed by atoms with Crippen molar-refractivity contribution < 1.29 is 14.3 Å². The van der Waals surface area contributed by atoms with E-state index in [0.717, 1.165) is 49.0 Å². The van der Waals surface area contributed by atoms with Gasteiger partial charge in [-0.25, -0.2) is 4.79 Å². The smallest absolute Gasteiger partial charge is 0.343 e. The predicted octanol–water partition coefficient (Wildman–Crippen LogP) is 7.40. The van der Waals surface area contributed by atoms with Crippen molar-refractivity contribution in [1.82, 2.24) is 0 Å². The van der Waals surface area contributed by atoms with Gasteiger partial charge in [0.25, 0.3) is 0 Å². The summed E-state index contributed by atoms with van der Waals surface area (Å²) in [5, 5.41) is 0. The van der Waals surface area contributed by atoms with Crippen molar-refractivity contribution in [2.75, 3.05) is 6.61 Å². The molecule has 0 aliphatic heterocycles. The van der Waals surface area contributed by atoms with E-state index in [1.807, 2.05) is 48.5 Å². The fraction of sp³-hybridized carbons (Fsp3) is 0.321. The summed E-state index contributed by atoms with van der Waals surface area (Å²) in [5.41, 5.74) is 4.96. The third-order valence-corrected chi connectivity index (χ3v) is 5.38. The molecule has 0 heterocycles. The summed E-state index contributed by atoms with van der Waals surface area (Å²) in [6.07, 6.45) is 4.20. The number of carbonyl (C=O) groups is 1. The molecule has 0 N–H and O–H groups in total. The van der Waals surface area contributed by atoms with E-state index < -0.39 is 0 Å². The monoisotopic (exact) mass is 416 g/mol. The fourth-order valence-electron chi connectivity index (χ4n) is 3.47. The maximum atomic E-state index is 12.7. The Morgan fingerprint density at radius 3 is 2.13 bits per heavy atom. The summed E-state index contributed by atoms with van der Waals surface area (Å²) >= 11 is 0. The lowest BCUT2D eigenvalue weighted by molar-refractivity contribution is 0.0662. The van der Waals surface area contributed by atoms with Crippen LogP contribution in [0.25, 0.3) is 11.1 Å². The van der Waals surface area contributed by atoms with Crippen LogP contribution in [-0.4, -0.2) is 12.6 Å². The van der Waals surface area contributed by atoms with E-state index in [-0.39, 0.29) is 12.1 Å². The van der Waals surface area contributed by atoms with Crippen LogP contribution < -0.4 is 4.74 Å². The number of benzene rings is 3. The molecule has 31 heavy (non-hydrogen) atoms. The first-order valence-corrected chi connectivity index (χ1v) is 11.2.